The van der Waals surface area contributed by atoms with Crippen molar-refractivity contribution in [1.29, 1.82) is 0 Å². The highest BCUT2D eigenvalue weighted by Crippen LogP contribution is 2.32. The Kier molecular flexibility index (Phi) is 2.51. The lowest BCUT2D eigenvalue weighted by Crippen LogP contribution is -2.25. The quantitative estimate of drug-likeness (QED) is 0.745. The van der Waals surface area contributed by atoms with Gasteiger partial charge in [-0.3, -0.25) is 4.79 Å². The van der Waals surface area contributed by atoms with Gasteiger partial charge in [0.25, 0.3) is 0 Å². The predicted octanol–water partition coefficient (Wildman–Crippen LogP) is 2.30. The highest BCUT2D eigenvalue weighted by Gasteiger charge is 2.31. The molecular weight excluding hydrogens is 186 g/mol. The molecule has 2 atom stereocenters. The molecule has 0 saturated carbocycles. The van der Waals surface area contributed by atoms with Crippen LogP contribution in [0.25, 0.3) is 0 Å². The first kappa shape index (κ1) is 10.2. The minimum absolute atomic E-state index is 0.176. The van der Waals surface area contributed by atoms with E-state index in [2.05, 4.69) is 44.3 Å². The van der Waals surface area contributed by atoms with Crippen molar-refractivity contribution < 1.29 is 4.79 Å². The number of amides is 1. The van der Waals surface area contributed by atoms with Crippen LogP contribution < -0.4 is 5.32 Å². The summed E-state index contributed by atoms with van der Waals surface area (Å²) in [5.74, 6) is 0.522. The van der Waals surface area contributed by atoms with Crippen molar-refractivity contribution in [3.8, 4) is 0 Å². The number of aryl methyl sites for hydroxylation is 2. The third kappa shape index (κ3) is 1.76. The number of carbonyl (C=O) groups excluding carboxylic acids is 1. The normalized spacial score (nSPS) is 25.4. The predicted molar refractivity (Wildman–Crippen MR) is 60.9 cm³/mol. The maximum Gasteiger partial charge on any atom is 0.220 e. The summed E-state index contributed by atoms with van der Waals surface area (Å²) >= 11 is 0. The molecule has 2 rings (SSSR count). The van der Waals surface area contributed by atoms with Crippen LogP contribution in [0.1, 0.15) is 36.0 Å². The number of nitrogens with one attached hydrogen (secondary N) is 1. The van der Waals surface area contributed by atoms with E-state index in [0.717, 1.165) is 0 Å². The monoisotopic (exact) mass is 203 g/mol. The van der Waals surface area contributed by atoms with Gasteiger partial charge in [-0.2, -0.15) is 0 Å². The van der Waals surface area contributed by atoms with Gasteiger partial charge in [-0.1, -0.05) is 18.2 Å². The molecule has 0 radical (unpaired) electrons. The van der Waals surface area contributed by atoms with Gasteiger partial charge in [0.05, 0.1) is 0 Å². The zero-order chi connectivity index (χ0) is 11.0. The molecule has 0 bridgehead atoms. The van der Waals surface area contributed by atoms with Crippen LogP contribution in [0.2, 0.25) is 0 Å². The molecule has 80 valence electrons. The fraction of sp³-hybridized carbons (Fsp3) is 0.462. The first-order valence-electron chi connectivity index (χ1n) is 5.45. The first-order chi connectivity index (χ1) is 7.09. The number of hydrogen-bond donors (Lipinski definition) is 1. The van der Waals surface area contributed by atoms with Crippen molar-refractivity contribution in [1.82, 2.24) is 5.32 Å². The Morgan fingerprint density at radius 3 is 2.33 bits per heavy atom. The second kappa shape index (κ2) is 3.69. The van der Waals surface area contributed by atoms with Gasteiger partial charge in [0, 0.05) is 18.4 Å². The van der Waals surface area contributed by atoms with E-state index in [1.807, 2.05) is 0 Å². The summed E-state index contributed by atoms with van der Waals surface area (Å²) in [5.41, 5.74) is 3.94. The van der Waals surface area contributed by atoms with Gasteiger partial charge < -0.3 is 5.32 Å². The van der Waals surface area contributed by atoms with Crippen molar-refractivity contribution in [2.24, 2.45) is 0 Å². The maximum absolute atomic E-state index is 11.3. The van der Waals surface area contributed by atoms with E-state index in [9.17, 15) is 4.79 Å². The third-order valence-electron chi connectivity index (χ3n) is 3.31. The molecule has 1 aliphatic rings. The summed E-state index contributed by atoms with van der Waals surface area (Å²) in [6.45, 7) is 6.33. The molecular formula is C13H17NO. The third-order valence-corrected chi connectivity index (χ3v) is 3.31. The number of carbonyl (C=O) groups is 1. The molecule has 0 aromatic heterocycles. The van der Waals surface area contributed by atoms with E-state index < -0.39 is 0 Å². The molecule has 2 heteroatoms. The molecule has 1 fully saturated rings. The van der Waals surface area contributed by atoms with Crippen LogP contribution in [0.3, 0.4) is 0 Å². The second-order valence-electron chi connectivity index (χ2n) is 4.47. The lowest BCUT2D eigenvalue weighted by molar-refractivity contribution is -0.119. The Labute approximate surface area is 90.7 Å². The van der Waals surface area contributed by atoms with Crippen LogP contribution in [0.4, 0.5) is 0 Å². The zero-order valence-electron chi connectivity index (χ0n) is 9.50. The van der Waals surface area contributed by atoms with Crippen molar-refractivity contribution in [3.63, 3.8) is 0 Å². The summed E-state index contributed by atoms with van der Waals surface area (Å²) in [4.78, 5) is 11.3. The van der Waals surface area contributed by atoms with Gasteiger partial charge in [0.2, 0.25) is 5.91 Å². The zero-order valence-corrected chi connectivity index (χ0v) is 9.50. The molecule has 0 spiro atoms. The van der Waals surface area contributed by atoms with Crippen LogP contribution in [0.15, 0.2) is 18.2 Å². The molecule has 2 nitrogen and oxygen atoms in total. The van der Waals surface area contributed by atoms with Crippen LogP contribution in [-0.4, -0.2) is 11.9 Å². The van der Waals surface area contributed by atoms with E-state index >= 15 is 0 Å². The van der Waals surface area contributed by atoms with Crippen molar-refractivity contribution >= 4 is 5.91 Å². The first-order valence-corrected chi connectivity index (χ1v) is 5.45. The molecule has 15 heavy (non-hydrogen) atoms. The Hall–Kier alpha value is -1.31. The topological polar surface area (TPSA) is 29.1 Å². The van der Waals surface area contributed by atoms with Crippen molar-refractivity contribution in [2.45, 2.75) is 39.2 Å². The maximum atomic E-state index is 11.3. The van der Waals surface area contributed by atoms with Gasteiger partial charge in [0.1, 0.15) is 0 Å². The number of rotatable bonds is 1. The Morgan fingerprint density at radius 2 is 1.87 bits per heavy atom. The Bertz CT molecular complexity index is 377. The molecule has 1 heterocycles. The van der Waals surface area contributed by atoms with E-state index in [1.54, 1.807) is 0 Å². The van der Waals surface area contributed by atoms with Crippen LogP contribution >= 0.6 is 0 Å². The van der Waals surface area contributed by atoms with Gasteiger partial charge in [0.15, 0.2) is 0 Å². The van der Waals surface area contributed by atoms with E-state index in [-0.39, 0.29) is 11.9 Å². The number of benzene rings is 1. The van der Waals surface area contributed by atoms with Crippen molar-refractivity contribution in [2.75, 3.05) is 0 Å². The molecule has 1 aliphatic heterocycles. The van der Waals surface area contributed by atoms with E-state index in [0.29, 0.717) is 12.3 Å². The number of hydrogen-bond acceptors (Lipinski definition) is 1. The fourth-order valence-electron chi connectivity index (χ4n) is 2.55. The molecule has 0 aliphatic carbocycles. The molecule has 1 amide bonds. The van der Waals surface area contributed by atoms with Gasteiger partial charge in [-0.05, 0) is 37.5 Å². The Morgan fingerprint density at radius 1 is 1.27 bits per heavy atom. The van der Waals surface area contributed by atoms with E-state index in [4.69, 9.17) is 0 Å². The summed E-state index contributed by atoms with van der Waals surface area (Å²) in [6.07, 6.45) is 0.632. The van der Waals surface area contributed by atoms with Gasteiger partial charge in [-0.15, -0.1) is 0 Å². The summed E-state index contributed by atoms with van der Waals surface area (Å²) < 4.78 is 0. The largest absolute Gasteiger partial charge is 0.353 e. The highest BCUT2D eigenvalue weighted by molar-refractivity contribution is 5.80. The van der Waals surface area contributed by atoms with Crippen molar-refractivity contribution in [3.05, 3.63) is 34.9 Å². The van der Waals surface area contributed by atoms with Gasteiger partial charge in [-0.25, -0.2) is 0 Å². The average Bonchev–Trinajstić information content (AvgIpc) is 2.45. The molecule has 2 unspecified atom stereocenters. The fourth-order valence-corrected chi connectivity index (χ4v) is 2.55. The molecule has 1 saturated heterocycles. The second-order valence-corrected chi connectivity index (χ2v) is 4.47. The minimum Gasteiger partial charge on any atom is -0.353 e. The van der Waals surface area contributed by atoms with Gasteiger partial charge >= 0.3 is 0 Å². The SMILES string of the molecule is Cc1cccc(C)c1C1CC(=O)NC1C. The standard InChI is InChI=1S/C13H17NO/c1-8-5-4-6-9(2)13(8)11-7-12(15)14-10(11)3/h4-6,10-11H,7H2,1-3H3,(H,14,15). The minimum atomic E-state index is 0.176. The smallest absolute Gasteiger partial charge is 0.220 e. The average molecular weight is 203 g/mol. The lowest BCUT2D eigenvalue weighted by atomic mass is 9.86. The Balaban J connectivity index is 2.41. The summed E-state index contributed by atoms with van der Waals surface area (Å²) in [5, 5.41) is 2.98. The molecule has 1 aromatic carbocycles. The summed E-state index contributed by atoms with van der Waals surface area (Å²) in [7, 11) is 0. The summed E-state index contributed by atoms with van der Waals surface area (Å²) in [6, 6.07) is 6.58. The van der Waals surface area contributed by atoms with Crippen LogP contribution in [0.5, 0.6) is 0 Å². The van der Waals surface area contributed by atoms with E-state index in [1.165, 1.54) is 16.7 Å². The lowest BCUT2D eigenvalue weighted by Gasteiger charge is -2.19. The van der Waals surface area contributed by atoms with Crippen LogP contribution in [0, 0.1) is 13.8 Å². The molecule has 1 aromatic rings. The molecule has 1 N–H and O–H groups in total. The van der Waals surface area contributed by atoms with Crippen LogP contribution in [-0.2, 0) is 4.79 Å². The highest BCUT2D eigenvalue weighted by atomic mass is 16.1.